The van der Waals surface area contributed by atoms with Gasteiger partial charge in [-0.3, -0.25) is 9.69 Å². The molecule has 0 bridgehead atoms. The third kappa shape index (κ3) is 4.64. The van der Waals surface area contributed by atoms with Gasteiger partial charge in [-0.1, -0.05) is 0 Å². The first kappa shape index (κ1) is 16.7. The zero-order valence-electron chi connectivity index (χ0n) is 12.5. The van der Waals surface area contributed by atoms with Gasteiger partial charge in [0, 0.05) is 38.3 Å². The highest BCUT2D eigenvalue weighted by molar-refractivity contribution is 5.81. The van der Waals surface area contributed by atoms with E-state index in [2.05, 4.69) is 4.90 Å². The molecular weight excluding hydrogens is 262 g/mol. The molecule has 0 radical (unpaired) electrons. The molecule has 1 saturated heterocycles. The van der Waals surface area contributed by atoms with Crippen LogP contribution in [0.1, 0.15) is 20.8 Å². The zero-order chi connectivity index (χ0) is 15.3. The maximum Gasteiger partial charge on any atom is 0.323 e. The molecule has 20 heavy (non-hydrogen) atoms. The monoisotopic (exact) mass is 287 g/mol. The molecule has 7 nitrogen and oxygen atoms in total. The first-order valence-corrected chi connectivity index (χ1v) is 6.87. The van der Waals surface area contributed by atoms with Crippen LogP contribution in [0.25, 0.3) is 0 Å². The summed E-state index contributed by atoms with van der Waals surface area (Å²) in [5, 5.41) is 17.9. The number of carbonyl (C=O) groups is 2. The topological polar surface area (TPSA) is 84.3 Å². The number of piperazine rings is 1. The van der Waals surface area contributed by atoms with Gasteiger partial charge in [-0.25, -0.2) is 4.79 Å². The van der Waals surface area contributed by atoms with E-state index >= 15 is 0 Å². The number of aliphatic hydroxyl groups excluding tert-OH is 1. The van der Waals surface area contributed by atoms with E-state index in [1.165, 1.54) is 4.90 Å². The number of carbonyl (C=O) groups excluding carboxylic acids is 1. The number of aliphatic hydroxyl groups is 1. The quantitative estimate of drug-likeness (QED) is 0.754. The third-order valence-electron chi connectivity index (χ3n) is 3.39. The molecule has 1 rings (SSSR count). The summed E-state index contributed by atoms with van der Waals surface area (Å²) in [5.74, 6) is -1.01. The fraction of sp³-hybridized carbons (Fsp3) is 0.846. The van der Waals surface area contributed by atoms with Crippen molar-refractivity contribution in [2.45, 2.75) is 26.3 Å². The summed E-state index contributed by atoms with van der Waals surface area (Å²) in [6.07, 6.45) is 0. The van der Waals surface area contributed by atoms with Crippen LogP contribution in [-0.2, 0) is 4.79 Å². The average Bonchev–Trinajstić information content (AvgIpc) is 2.35. The molecule has 0 aromatic heterocycles. The Balaban J connectivity index is 2.65. The van der Waals surface area contributed by atoms with Gasteiger partial charge < -0.3 is 20.0 Å². The van der Waals surface area contributed by atoms with Gasteiger partial charge in [0.2, 0.25) is 0 Å². The lowest BCUT2D eigenvalue weighted by Gasteiger charge is -2.41. The Kier molecular flexibility index (Phi) is 5.76. The fourth-order valence-electron chi connectivity index (χ4n) is 2.20. The first-order valence-electron chi connectivity index (χ1n) is 6.87. The highest BCUT2D eigenvalue weighted by atomic mass is 16.4. The van der Waals surface area contributed by atoms with Crippen molar-refractivity contribution in [3.05, 3.63) is 0 Å². The van der Waals surface area contributed by atoms with Crippen LogP contribution >= 0.6 is 0 Å². The highest BCUT2D eigenvalue weighted by Gasteiger charge is 2.33. The molecule has 2 N–H and O–H groups in total. The van der Waals surface area contributed by atoms with Gasteiger partial charge in [0.15, 0.2) is 0 Å². The summed E-state index contributed by atoms with van der Waals surface area (Å²) in [6, 6.07) is -0.233. The van der Waals surface area contributed by atoms with Crippen LogP contribution in [0.4, 0.5) is 4.79 Å². The summed E-state index contributed by atoms with van der Waals surface area (Å²) in [4.78, 5) is 28.6. The number of hydrogen-bond donors (Lipinski definition) is 2. The predicted molar refractivity (Wildman–Crippen MR) is 74.6 cm³/mol. The van der Waals surface area contributed by atoms with Crippen LogP contribution in [0.5, 0.6) is 0 Å². The van der Waals surface area contributed by atoms with Crippen molar-refractivity contribution in [1.82, 2.24) is 14.7 Å². The average molecular weight is 287 g/mol. The molecule has 0 aromatic carbocycles. The lowest BCUT2D eigenvalue weighted by molar-refractivity contribution is -0.138. The molecule has 7 heteroatoms. The maximum atomic E-state index is 12.5. The van der Waals surface area contributed by atoms with Gasteiger partial charge >= 0.3 is 12.0 Å². The molecule has 0 unspecified atom stereocenters. The molecule has 2 amide bonds. The highest BCUT2D eigenvalue weighted by Crippen LogP contribution is 2.16. The Morgan fingerprint density at radius 2 is 1.70 bits per heavy atom. The Bertz CT molecular complexity index is 346. The second kappa shape index (κ2) is 6.90. The molecule has 0 aliphatic carbocycles. The van der Waals surface area contributed by atoms with Crippen LogP contribution in [-0.4, -0.2) is 88.3 Å². The molecule has 1 aliphatic heterocycles. The Morgan fingerprint density at radius 1 is 1.15 bits per heavy atom. The van der Waals surface area contributed by atoms with Crippen LogP contribution in [0.15, 0.2) is 0 Å². The van der Waals surface area contributed by atoms with Crippen molar-refractivity contribution in [1.29, 1.82) is 0 Å². The summed E-state index contributed by atoms with van der Waals surface area (Å²) in [7, 11) is 0. The molecule has 1 heterocycles. The van der Waals surface area contributed by atoms with Gasteiger partial charge in [0.05, 0.1) is 6.61 Å². The van der Waals surface area contributed by atoms with E-state index in [1.54, 1.807) is 4.90 Å². The van der Waals surface area contributed by atoms with Crippen molar-refractivity contribution in [3.8, 4) is 0 Å². The minimum absolute atomic E-state index is 0.112. The molecule has 0 spiro atoms. The molecule has 0 atom stereocenters. The fourth-order valence-corrected chi connectivity index (χ4v) is 2.20. The number of amides is 2. The van der Waals surface area contributed by atoms with Crippen molar-refractivity contribution in [2.24, 2.45) is 0 Å². The van der Waals surface area contributed by atoms with Gasteiger partial charge in [0.25, 0.3) is 0 Å². The lowest BCUT2D eigenvalue weighted by atomic mass is 10.1. The maximum absolute atomic E-state index is 12.5. The number of aliphatic carboxylic acids is 1. The number of carboxylic acids is 1. The van der Waals surface area contributed by atoms with Crippen molar-refractivity contribution in [2.75, 3.05) is 45.9 Å². The van der Waals surface area contributed by atoms with E-state index in [0.717, 1.165) is 0 Å². The van der Waals surface area contributed by atoms with Crippen molar-refractivity contribution < 1.29 is 19.8 Å². The van der Waals surface area contributed by atoms with Crippen molar-refractivity contribution in [3.63, 3.8) is 0 Å². The van der Waals surface area contributed by atoms with Gasteiger partial charge in [0.1, 0.15) is 6.54 Å². The van der Waals surface area contributed by atoms with E-state index in [9.17, 15) is 9.59 Å². The van der Waals surface area contributed by atoms with Crippen LogP contribution in [0, 0.1) is 0 Å². The smallest absolute Gasteiger partial charge is 0.323 e. The number of nitrogens with zero attached hydrogens (tertiary/aromatic N) is 3. The van der Waals surface area contributed by atoms with Crippen LogP contribution in [0.2, 0.25) is 0 Å². The second-order valence-electron chi connectivity index (χ2n) is 5.99. The number of hydrogen-bond acceptors (Lipinski definition) is 4. The third-order valence-corrected chi connectivity index (χ3v) is 3.39. The minimum Gasteiger partial charge on any atom is -0.480 e. The van der Waals surface area contributed by atoms with Crippen LogP contribution < -0.4 is 0 Å². The lowest BCUT2D eigenvalue weighted by Crippen LogP contribution is -2.58. The zero-order valence-corrected chi connectivity index (χ0v) is 12.5. The van der Waals surface area contributed by atoms with E-state index in [1.807, 2.05) is 20.8 Å². The summed E-state index contributed by atoms with van der Waals surface area (Å²) >= 11 is 0. The number of carboxylic acid groups (broad SMARTS) is 1. The Hall–Kier alpha value is -1.34. The van der Waals surface area contributed by atoms with Gasteiger partial charge in [-0.15, -0.1) is 0 Å². The second-order valence-corrected chi connectivity index (χ2v) is 5.99. The Morgan fingerprint density at radius 3 is 2.10 bits per heavy atom. The SMILES string of the molecule is CC(C)(C)N(CC(=O)O)C(=O)N1CCN(CCO)CC1. The molecule has 1 aliphatic rings. The molecule has 1 fully saturated rings. The van der Waals surface area contributed by atoms with Crippen molar-refractivity contribution >= 4 is 12.0 Å². The van der Waals surface area contributed by atoms with E-state index in [-0.39, 0.29) is 19.2 Å². The summed E-state index contributed by atoms with van der Waals surface area (Å²) in [5.41, 5.74) is -0.530. The van der Waals surface area contributed by atoms with Crippen LogP contribution in [0.3, 0.4) is 0 Å². The largest absolute Gasteiger partial charge is 0.480 e. The minimum atomic E-state index is -1.01. The van der Waals surface area contributed by atoms with E-state index in [4.69, 9.17) is 10.2 Å². The molecule has 116 valence electrons. The first-order chi connectivity index (χ1) is 9.25. The molecule has 0 saturated carbocycles. The van der Waals surface area contributed by atoms with Gasteiger partial charge in [-0.2, -0.15) is 0 Å². The molecule has 0 aromatic rings. The van der Waals surface area contributed by atoms with E-state index < -0.39 is 11.5 Å². The number of urea groups is 1. The normalized spacial score (nSPS) is 17.1. The van der Waals surface area contributed by atoms with Gasteiger partial charge in [-0.05, 0) is 20.8 Å². The standard InChI is InChI=1S/C13H25N3O4/c1-13(2,3)16(10-11(18)19)12(20)15-6-4-14(5-7-15)8-9-17/h17H,4-10H2,1-3H3,(H,18,19). The number of rotatable bonds is 4. The Labute approximate surface area is 119 Å². The molecular formula is C13H25N3O4. The van der Waals surface area contributed by atoms with E-state index in [0.29, 0.717) is 32.7 Å². The number of β-amino-alcohol motifs (C(OH)–C–C–N with tert-alkyl or cyclic N) is 1. The summed E-state index contributed by atoms with van der Waals surface area (Å²) < 4.78 is 0. The summed E-state index contributed by atoms with van der Waals surface area (Å²) in [6.45, 7) is 8.45. The predicted octanol–water partition coefficient (Wildman–Crippen LogP) is -0.0986.